The van der Waals surface area contributed by atoms with Crippen LogP contribution in [-0.2, 0) is 4.74 Å². The number of fused-ring (bicyclic) bond motifs is 1. The van der Waals surface area contributed by atoms with Crippen LogP contribution in [-0.4, -0.2) is 48.9 Å². The molecule has 3 aromatic heterocycles. The number of benzene rings is 1. The molecule has 192 valence electrons. The summed E-state index contributed by atoms with van der Waals surface area (Å²) in [6.07, 6.45) is 2.60. The van der Waals surface area contributed by atoms with Crippen LogP contribution in [0, 0.1) is 18.6 Å². The van der Waals surface area contributed by atoms with Gasteiger partial charge in [0.05, 0.1) is 30.6 Å². The first-order valence-electron chi connectivity index (χ1n) is 12.0. The van der Waals surface area contributed by atoms with Crippen molar-refractivity contribution in [1.82, 2.24) is 29.7 Å². The molecule has 37 heavy (non-hydrogen) atoms. The molecule has 8 nitrogen and oxygen atoms in total. The summed E-state index contributed by atoms with van der Waals surface area (Å²) in [6, 6.07) is 3.43. The third-order valence-electron chi connectivity index (χ3n) is 6.58. The van der Waals surface area contributed by atoms with Gasteiger partial charge in [-0.3, -0.25) is 4.68 Å². The normalized spacial score (nSPS) is 20.2. The van der Waals surface area contributed by atoms with Crippen molar-refractivity contribution in [3.63, 3.8) is 0 Å². The summed E-state index contributed by atoms with van der Waals surface area (Å²) in [5, 5.41) is 4.45. The first-order valence-corrected chi connectivity index (χ1v) is 12.0. The van der Waals surface area contributed by atoms with Gasteiger partial charge in [-0.2, -0.15) is 10.1 Å². The van der Waals surface area contributed by atoms with Crippen molar-refractivity contribution in [1.29, 1.82) is 0 Å². The molecule has 2 unspecified atom stereocenters. The molecule has 1 aromatic carbocycles. The van der Waals surface area contributed by atoms with E-state index in [2.05, 4.69) is 25.0 Å². The lowest BCUT2D eigenvalue weighted by atomic mass is 10.1. The molecule has 12 heteroatoms. The van der Waals surface area contributed by atoms with Gasteiger partial charge < -0.3 is 9.64 Å². The second-order valence-electron chi connectivity index (χ2n) is 9.49. The maximum absolute atomic E-state index is 14.9. The monoisotopic (exact) mass is 513 g/mol. The van der Waals surface area contributed by atoms with Crippen LogP contribution in [0.5, 0.6) is 0 Å². The third-order valence-corrected chi connectivity index (χ3v) is 6.58. The highest BCUT2D eigenvalue weighted by molar-refractivity contribution is 5.88. The Balaban J connectivity index is 1.45. The molecule has 0 spiro atoms. The van der Waals surface area contributed by atoms with E-state index < -0.39 is 23.8 Å². The summed E-state index contributed by atoms with van der Waals surface area (Å²) in [5.74, 6) is -1.45. The average molecular weight is 513 g/mol. The van der Waals surface area contributed by atoms with E-state index in [1.165, 1.54) is 13.0 Å². The minimum atomic E-state index is -2.89. The van der Waals surface area contributed by atoms with Gasteiger partial charge in [0.25, 0.3) is 6.43 Å². The Morgan fingerprint density at radius 1 is 1.05 bits per heavy atom. The second kappa shape index (κ2) is 9.02. The number of morpholine rings is 1. The molecule has 2 aliphatic rings. The zero-order valence-electron chi connectivity index (χ0n) is 20.1. The van der Waals surface area contributed by atoms with Crippen molar-refractivity contribution >= 4 is 17.1 Å². The van der Waals surface area contributed by atoms with Crippen LogP contribution in [0.1, 0.15) is 55.3 Å². The Kier molecular flexibility index (Phi) is 5.78. The fraction of sp³-hybridized carbons (Fsp3) is 0.400. The first-order chi connectivity index (χ1) is 17.8. The minimum absolute atomic E-state index is 0.0124. The maximum atomic E-state index is 14.9. The topological polar surface area (TPSA) is 81.9 Å². The average Bonchev–Trinajstić information content (AvgIpc) is 3.58. The van der Waals surface area contributed by atoms with E-state index in [4.69, 9.17) is 4.74 Å². The highest BCUT2D eigenvalue weighted by Crippen LogP contribution is 2.36. The number of aryl methyl sites for hydroxylation is 1. The molecule has 0 amide bonds. The van der Waals surface area contributed by atoms with Crippen LogP contribution in [0.4, 0.5) is 23.5 Å². The smallest absolute Gasteiger partial charge is 0.282 e. The van der Waals surface area contributed by atoms with Crippen LogP contribution >= 0.6 is 0 Å². The molecular formula is C25H23F4N7O. The van der Waals surface area contributed by atoms with Crippen molar-refractivity contribution in [2.45, 2.75) is 51.4 Å². The summed E-state index contributed by atoms with van der Waals surface area (Å²) in [7, 11) is 0. The summed E-state index contributed by atoms with van der Waals surface area (Å²) in [5.41, 5.74) is 0.229. The molecule has 4 heterocycles. The van der Waals surface area contributed by atoms with Gasteiger partial charge in [0, 0.05) is 29.9 Å². The molecule has 1 saturated heterocycles. The number of hydrogen-bond donors (Lipinski definition) is 0. The predicted octanol–water partition coefficient (Wildman–Crippen LogP) is 5.11. The largest absolute Gasteiger partial charge is 0.367 e. The quantitative estimate of drug-likeness (QED) is 0.343. The van der Waals surface area contributed by atoms with E-state index in [1.807, 2.05) is 22.7 Å². The molecule has 1 aliphatic heterocycles. The zero-order chi connectivity index (χ0) is 25.8. The van der Waals surface area contributed by atoms with Crippen molar-refractivity contribution in [3.05, 3.63) is 59.2 Å². The highest BCUT2D eigenvalue weighted by atomic mass is 19.3. The number of hydrogen-bond acceptors (Lipinski definition) is 7. The van der Waals surface area contributed by atoms with Crippen LogP contribution in [0.15, 0.2) is 30.6 Å². The summed E-state index contributed by atoms with van der Waals surface area (Å²) in [4.78, 5) is 19.3. The molecule has 0 bridgehead atoms. The van der Waals surface area contributed by atoms with Crippen molar-refractivity contribution in [2.24, 2.45) is 0 Å². The van der Waals surface area contributed by atoms with Gasteiger partial charge >= 0.3 is 0 Å². The fourth-order valence-corrected chi connectivity index (χ4v) is 4.60. The van der Waals surface area contributed by atoms with Gasteiger partial charge in [0.15, 0.2) is 5.65 Å². The van der Waals surface area contributed by atoms with Gasteiger partial charge in [0.2, 0.25) is 5.95 Å². The van der Waals surface area contributed by atoms with Crippen LogP contribution in [0.2, 0.25) is 0 Å². The van der Waals surface area contributed by atoms with E-state index in [-0.39, 0.29) is 46.3 Å². The predicted molar refractivity (Wildman–Crippen MR) is 126 cm³/mol. The molecule has 2 fully saturated rings. The van der Waals surface area contributed by atoms with E-state index >= 15 is 0 Å². The van der Waals surface area contributed by atoms with Gasteiger partial charge in [-0.15, -0.1) is 0 Å². The van der Waals surface area contributed by atoms with Crippen LogP contribution < -0.4 is 4.90 Å². The molecule has 1 aliphatic carbocycles. The Bertz CT molecular complexity index is 1490. The van der Waals surface area contributed by atoms with Crippen LogP contribution in [0.25, 0.3) is 22.4 Å². The van der Waals surface area contributed by atoms with Gasteiger partial charge in [-0.25, -0.2) is 32.5 Å². The molecular weight excluding hydrogens is 490 g/mol. The Morgan fingerprint density at radius 3 is 2.59 bits per heavy atom. The van der Waals surface area contributed by atoms with E-state index in [9.17, 15) is 17.6 Å². The molecule has 6 rings (SSSR count). The number of aromatic nitrogens is 6. The van der Waals surface area contributed by atoms with Crippen molar-refractivity contribution in [2.75, 3.05) is 18.0 Å². The van der Waals surface area contributed by atoms with E-state index in [0.717, 1.165) is 24.5 Å². The second-order valence-corrected chi connectivity index (χ2v) is 9.49. The fourth-order valence-electron chi connectivity index (χ4n) is 4.60. The molecule has 1 saturated carbocycles. The van der Waals surface area contributed by atoms with Crippen molar-refractivity contribution in [3.8, 4) is 11.3 Å². The van der Waals surface area contributed by atoms with E-state index in [0.29, 0.717) is 25.2 Å². The lowest BCUT2D eigenvalue weighted by Gasteiger charge is -2.36. The SMILES string of the molecule is Cc1nc2nc(N3CC(C)OC(c4cnn(C5CC5)c4)C3)nc(-c3ccc(F)cc3F)c2nc1C(F)F. The van der Waals surface area contributed by atoms with Crippen LogP contribution in [0.3, 0.4) is 0 Å². The van der Waals surface area contributed by atoms with E-state index in [1.54, 1.807) is 6.20 Å². The van der Waals surface area contributed by atoms with Crippen molar-refractivity contribution < 1.29 is 22.3 Å². The molecule has 0 radical (unpaired) electrons. The lowest BCUT2D eigenvalue weighted by molar-refractivity contribution is -0.0178. The third kappa shape index (κ3) is 4.50. The first kappa shape index (κ1) is 23.7. The Morgan fingerprint density at radius 2 is 1.86 bits per heavy atom. The molecule has 0 N–H and O–H groups in total. The Labute approximate surface area is 209 Å². The Hall–Kier alpha value is -3.67. The maximum Gasteiger partial charge on any atom is 0.282 e. The van der Waals surface area contributed by atoms with Gasteiger partial charge in [-0.1, -0.05) is 0 Å². The standard InChI is InChI=1S/C25H23F4N7O/c1-12-9-35(11-19(37-12)14-8-30-36(10-14)16-4-5-16)25-33-21(17-6-3-15(26)7-18(17)27)22-24(34-25)31-13(2)20(32-22)23(28)29/h3,6-8,10,12,16,19,23H,4-5,9,11H2,1-2H3. The number of ether oxygens (including phenoxy) is 1. The number of nitrogens with zero attached hydrogens (tertiary/aromatic N) is 7. The number of alkyl halides is 2. The molecule has 4 aromatic rings. The zero-order valence-corrected chi connectivity index (χ0v) is 20.1. The van der Waals surface area contributed by atoms with Gasteiger partial charge in [-0.05, 0) is 38.8 Å². The number of rotatable bonds is 5. The van der Waals surface area contributed by atoms with Gasteiger partial charge in [0.1, 0.15) is 34.6 Å². The lowest BCUT2D eigenvalue weighted by Crippen LogP contribution is -2.43. The number of anilines is 1. The highest BCUT2D eigenvalue weighted by Gasteiger charge is 2.32. The summed E-state index contributed by atoms with van der Waals surface area (Å²) < 4.78 is 63.8. The summed E-state index contributed by atoms with van der Waals surface area (Å²) in [6.45, 7) is 4.16. The minimum Gasteiger partial charge on any atom is -0.367 e. The number of halogens is 4. The molecule has 2 atom stereocenters. The summed E-state index contributed by atoms with van der Waals surface area (Å²) >= 11 is 0.